The van der Waals surface area contributed by atoms with Crippen LogP contribution in [0.2, 0.25) is 0 Å². The summed E-state index contributed by atoms with van der Waals surface area (Å²) in [5.41, 5.74) is 8.54. The lowest BCUT2D eigenvalue weighted by molar-refractivity contribution is -0.148. The zero-order chi connectivity index (χ0) is 22.1. The number of nitrogen functional groups attached to an aromatic ring is 1. The maximum absolute atomic E-state index is 12.8. The van der Waals surface area contributed by atoms with E-state index >= 15 is 0 Å². The lowest BCUT2D eigenvalue weighted by Gasteiger charge is -2.23. The van der Waals surface area contributed by atoms with Crippen molar-refractivity contribution in [2.45, 2.75) is 32.6 Å². The standard InChI is InChI=1S/C23H26N4O3/c1-5-30-22(29)23(2,3)16-10-11-19-17(13-16)26-18(21(28)27(19)4)12-14-6-8-15(9-7-14)20(24)25/h6-11,13H,5,12H2,1-4H3,(H3,24,25). The molecule has 0 saturated heterocycles. The van der Waals surface area contributed by atoms with E-state index in [0.717, 1.165) is 11.1 Å². The van der Waals surface area contributed by atoms with Gasteiger partial charge in [0.15, 0.2) is 0 Å². The van der Waals surface area contributed by atoms with Gasteiger partial charge in [0.25, 0.3) is 5.56 Å². The molecule has 2 aromatic carbocycles. The summed E-state index contributed by atoms with van der Waals surface area (Å²) in [6.45, 7) is 5.72. The maximum atomic E-state index is 12.8. The van der Waals surface area contributed by atoms with Crippen LogP contribution in [-0.2, 0) is 28.4 Å². The molecule has 0 aliphatic heterocycles. The van der Waals surface area contributed by atoms with Gasteiger partial charge in [0.1, 0.15) is 11.5 Å². The van der Waals surface area contributed by atoms with Crippen LogP contribution in [0.15, 0.2) is 47.3 Å². The van der Waals surface area contributed by atoms with Gasteiger partial charge in [0.05, 0.1) is 23.1 Å². The van der Waals surface area contributed by atoms with Gasteiger partial charge in [-0.2, -0.15) is 0 Å². The number of benzene rings is 2. The molecule has 7 heteroatoms. The number of carbonyl (C=O) groups is 1. The second kappa shape index (κ2) is 8.10. The number of hydrogen-bond acceptors (Lipinski definition) is 5. The Labute approximate surface area is 175 Å². The third-order valence-corrected chi connectivity index (χ3v) is 5.29. The minimum absolute atomic E-state index is 0.00182. The summed E-state index contributed by atoms with van der Waals surface area (Å²) >= 11 is 0. The van der Waals surface area contributed by atoms with Crippen molar-refractivity contribution in [2.75, 3.05) is 6.61 Å². The molecule has 0 saturated carbocycles. The zero-order valence-electron chi connectivity index (χ0n) is 17.7. The molecule has 0 aliphatic carbocycles. The average Bonchev–Trinajstić information content (AvgIpc) is 2.72. The first kappa shape index (κ1) is 21.2. The first-order valence-corrected chi connectivity index (χ1v) is 9.75. The Morgan fingerprint density at radius 2 is 1.87 bits per heavy atom. The van der Waals surface area contributed by atoms with Crippen molar-refractivity contribution in [1.29, 1.82) is 5.41 Å². The van der Waals surface area contributed by atoms with Gasteiger partial charge in [-0.25, -0.2) is 4.98 Å². The summed E-state index contributed by atoms with van der Waals surface area (Å²) in [5.74, 6) is -0.307. The molecule has 0 atom stereocenters. The molecular formula is C23H26N4O3. The van der Waals surface area contributed by atoms with Gasteiger partial charge in [-0.3, -0.25) is 15.0 Å². The van der Waals surface area contributed by atoms with Crippen LogP contribution in [0, 0.1) is 5.41 Å². The summed E-state index contributed by atoms with van der Waals surface area (Å²) in [4.78, 5) is 29.8. The summed E-state index contributed by atoms with van der Waals surface area (Å²) < 4.78 is 6.78. The van der Waals surface area contributed by atoms with Gasteiger partial charge in [-0.15, -0.1) is 0 Å². The third kappa shape index (κ3) is 3.96. The monoisotopic (exact) mass is 406 g/mol. The van der Waals surface area contributed by atoms with Gasteiger partial charge in [0, 0.05) is 19.0 Å². The molecule has 0 fully saturated rings. The summed E-state index contributed by atoms with van der Waals surface area (Å²) in [6.07, 6.45) is 0.353. The molecule has 7 nitrogen and oxygen atoms in total. The molecular weight excluding hydrogens is 380 g/mol. The van der Waals surface area contributed by atoms with E-state index in [1.807, 2.05) is 44.2 Å². The molecule has 0 spiro atoms. The van der Waals surface area contributed by atoms with Crippen LogP contribution >= 0.6 is 0 Å². The predicted octanol–water partition coefficient (Wildman–Crippen LogP) is 2.65. The van der Waals surface area contributed by atoms with Crippen LogP contribution in [0.3, 0.4) is 0 Å². The van der Waals surface area contributed by atoms with Crippen LogP contribution in [0.1, 0.15) is 43.2 Å². The smallest absolute Gasteiger partial charge is 0.315 e. The molecule has 0 radical (unpaired) electrons. The number of rotatable bonds is 6. The molecule has 30 heavy (non-hydrogen) atoms. The van der Waals surface area contributed by atoms with Crippen molar-refractivity contribution in [3.05, 3.63) is 75.2 Å². The van der Waals surface area contributed by atoms with Crippen molar-refractivity contribution < 1.29 is 9.53 Å². The fourth-order valence-electron chi connectivity index (χ4n) is 3.32. The number of amidine groups is 1. The number of nitrogens with zero attached hydrogens (tertiary/aromatic N) is 2. The molecule has 1 aromatic heterocycles. The highest BCUT2D eigenvalue weighted by Gasteiger charge is 2.31. The quantitative estimate of drug-likeness (QED) is 0.371. The molecule has 0 unspecified atom stereocenters. The van der Waals surface area contributed by atoms with E-state index in [2.05, 4.69) is 4.98 Å². The number of fused-ring (bicyclic) bond motifs is 1. The highest BCUT2D eigenvalue weighted by molar-refractivity contribution is 5.94. The number of ether oxygens (including phenoxy) is 1. The maximum Gasteiger partial charge on any atom is 0.315 e. The van der Waals surface area contributed by atoms with Crippen molar-refractivity contribution in [1.82, 2.24) is 9.55 Å². The normalized spacial score (nSPS) is 11.5. The SMILES string of the molecule is CCOC(=O)C(C)(C)c1ccc2c(c1)nc(Cc1ccc(C(=N)N)cc1)c(=O)n2C. The Balaban J connectivity index is 2.04. The molecule has 3 N–H and O–H groups in total. The van der Waals surface area contributed by atoms with Crippen LogP contribution in [0.4, 0.5) is 0 Å². The average molecular weight is 406 g/mol. The van der Waals surface area contributed by atoms with E-state index in [-0.39, 0.29) is 17.4 Å². The van der Waals surface area contributed by atoms with Crippen LogP contribution in [0.25, 0.3) is 11.0 Å². The van der Waals surface area contributed by atoms with Crippen molar-refractivity contribution in [3.8, 4) is 0 Å². The molecule has 0 aliphatic rings. The van der Waals surface area contributed by atoms with E-state index in [1.165, 1.54) is 0 Å². The summed E-state index contributed by atoms with van der Waals surface area (Å²) in [5, 5.41) is 7.49. The fourth-order valence-corrected chi connectivity index (χ4v) is 3.32. The van der Waals surface area contributed by atoms with Gasteiger partial charge >= 0.3 is 5.97 Å². The van der Waals surface area contributed by atoms with Gasteiger partial charge in [-0.05, 0) is 44.0 Å². The van der Waals surface area contributed by atoms with E-state index in [9.17, 15) is 9.59 Å². The van der Waals surface area contributed by atoms with Crippen molar-refractivity contribution >= 4 is 22.8 Å². The topological polar surface area (TPSA) is 111 Å². The Hall–Kier alpha value is -3.48. The number of carbonyl (C=O) groups excluding carboxylic acids is 1. The summed E-state index contributed by atoms with van der Waals surface area (Å²) in [7, 11) is 1.71. The van der Waals surface area contributed by atoms with Crippen LogP contribution in [0.5, 0.6) is 0 Å². The Bertz CT molecular complexity index is 1180. The Morgan fingerprint density at radius 1 is 1.20 bits per heavy atom. The zero-order valence-corrected chi connectivity index (χ0v) is 17.7. The third-order valence-electron chi connectivity index (χ3n) is 5.29. The number of aryl methyl sites for hydroxylation is 1. The van der Waals surface area contributed by atoms with E-state index in [4.69, 9.17) is 15.9 Å². The van der Waals surface area contributed by atoms with Crippen LogP contribution < -0.4 is 11.3 Å². The predicted molar refractivity (Wildman–Crippen MR) is 117 cm³/mol. The number of esters is 1. The molecule has 0 amide bonds. The largest absolute Gasteiger partial charge is 0.465 e. The lowest BCUT2D eigenvalue weighted by atomic mass is 9.84. The van der Waals surface area contributed by atoms with Gasteiger partial charge < -0.3 is 15.0 Å². The summed E-state index contributed by atoms with van der Waals surface area (Å²) in [6, 6.07) is 12.7. The minimum Gasteiger partial charge on any atom is -0.465 e. The molecule has 156 valence electrons. The number of aromatic nitrogens is 2. The minimum atomic E-state index is -0.830. The lowest BCUT2D eigenvalue weighted by Crippen LogP contribution is -2.31. The van der Waals surface area contributed by atoms with Crippen molar-refractivity contribution in [3.63, 3.8) is 0 Å². The first-order chi connectivity index (χ1) is 14.1. The number of nitrogens with one attached hydrogen (secondary N) is 1. The molecule has 3 rings (SSSR count). The van der Waals surface area contributed by atoms with E-state index in [1.54, 1.807) is 30.7 Å². The number of nitrogens with two attached hydrogens (primary N) is 1. The molecule has 0 bridgehead atoms. The van der Waals surface area contributed by atoms with Crippen LogP contribution in [-0.4, -0.2) is 28.0 Å². The highest BCUT2D eigenvalue weighted by atomic mass is 16.5. The molecule has 3 aromatic rings. The van der Waals surface area contributed by atoms with Gasteiger partial charge in [0.2, 0.25) is 0 Å². The second-order valence-electron chi connectivity index (χ2n) is 7.76. The van der Waals surface area contributed by atoms with E-state index < -0.39 is 5.41 Å². The Morgan fingerprint density at radius 3 is 2.47 bits per heavy atom. The second-order valence-corrected chi connectivity index (χ2v) is 7.76. The van der Waals surface area contributed by atoms with Gasteiger partial charge in [-0.1, -0.05) is 30.3 Å². The number of hydrogen-bond donors (Lipinski definition) is 2. The molecule has 1 heterocycles. The fraction of sp³-hybridized carbons (Fsp3) is 0.304. The first-order valence-electron chi connectivity index (χ1n) is 9.75. The Kier molecular flexibility index (Phi) is 5.73. The highest BCUT2D eigenvalue weighted by Crippen LogP contribution is 2.27. The van der Waals surface area contributed by atoms with Crippen molar-refractivity contribution in [2.24, 2.45) is 12.8 Å². The van der Waals surface area contributed by atoms with E-state index in [0.29, 0.717) is 35.3 Å².